The lowest BCUT2D eigenvalue weighted by Crippen LogP contribution is -2.13. The summed E-state index contributed by atoms with van der Waals surface area (Å²) in [6, 6.07) is 6.58. The van der Waals surface area contributed by atoms with Gasteiger partial charge in [0.15, 0.2) is 0 Å². The van der Waals surface area contributed by atoms with Gasteiger partial charge in [-0.3, -0.25) is 5.32 Å². The summed E-state index contributed by atoms with van der Waals surface area (Å²) in [6.07, 6.45) is 2.18. The third-order valence-corrected chi connectivity index (χ3v) is 2.39. The van der Waals surface area contributed by atoms with Crippen LogP contribution in [-0.2, 0) is 4.74 Å². The monoisotopic (exact) mass is 288 g/mol. The fourth-order valence-corrected chi connectivity index (χ4v) is 1.47. The maximum atomic E-state index is 11.3. The molecule has 1 heterocycles. The number of carboxylic acids is 1. The fraction of sp³-hybridized carbons (Fsp3) is 0.0769. The van der Waals surface area contributed by atoms with Gasteiger partial charge >= 0.3 is 12.1 Å². The molecule has 0 saturated carbocycles. The second-order valence-electron chi connectivity index (χ2n) is 3.88. The number of aromatic nitrogens is 3. The van der Waals surface area contributed by atoms with Crippen LogP contribution in [0.3, 0.4) is 0 Å². The van der Waals surface area contributed by atoms with Crippen LogP contribution in [-0.4, -0.2) is 38.5 Å². The van der Waals surface area contributed by atoms with E-state index in [0.717, 1.165) is 0 Å². The van der Waals surface area contributed by atoms with Crippen LogP contribution in [0.15, 0.2) is 43.2 Å². The predicted molar refractivity (Wildman–Crippen MR) is 73.5 cm³/mol. The molecule has 0 fully saturated rings. The van der Waals surface area contributed by atoms with Gasteiger partial charge in [-0.1, -0.05) is 12.7 Å². The molecule has 2 rings (SSSR count). The molecule has 0 atom stereocenters. The van der Waals surface area contributed by atoms with Crippen molar-refractivity contribution in [3.05, 3.63) is 49.1 Å². The standard InChI is InChI=1S/C13H12N4O4/c1-2-7-21-13(20)15-9-3-5-10(6-4-9)17-8-14-11(16-17)12(18)19/h2-6,8H,1,7H2,(H,15,20)(H,18,19). The summed E-state index contributed by atoms with van der Waals surface area (Å²) in [5.41, 5.74) is 1.14. The molecule has 0 saturated heterocycles. The average molecular weight is 288 g/mol. The first-order valence-corrected chi connectivity index (χ1v) is 5.90. The molecule has 2 N–H and O–H groups in total. The highest BCUT2D eigenvalue weighted by molar-refractivity contribution is 5.84. The highest BCUT2D eigenvalue weighted by Crippen LogP contribution is 2.12. The highest BCUT2D eigenvalue weighted by Gasteiger charge is 2.09. The Kier molecular flexibility index (Phi) is 4.30. The summed E-state index contributed by atoms with van der Waals surface area (Å²) in [4.78, 5) is 25.7. The predicted octanol–water partition coefficient (Wildman–Crippen LogP) is 1.70. The molecular weight excluding hydrogens is 276 g/mol. The van der Waals surface area contributed by atoms with Gasteiger partial charge in [0.05, 0.1) is 5.69 Å². The average Bonchev–Trinajstić information content (AvgIpc) is 2.96. The zero-order valence-electron chi connectivity index (χ0n) is 10.9. The molecule has 0 bridgehead atoms. The van der Waals surface area contributed by atoms with Crippen LogP contribution >= 0.6 is 0 Å². The van der Waals surface area contributed by atoms with Gasteiger partial charge in [-0.2, -0.15) is 0 Å². The summed E-state index contributed by atoms with van der Waals surface area (Å²) in [6.45, 7) is 3.56. The number of carbonyl (C=O) groups is 2. The van der Waals surface area contributed by atoms with Crippen LogP contribution in [0.5, 0.6) is 0 Å². The summed E-state index contributed by atoms with van der Waals surface area (Å²) < 4.78 is 6.10. The Balaban J connectivity index is 2.05. The third-order valence-electron chi connectivity index (χ3n) is 2.39. The lowest BCUT2D eigenvalue weighted by atomic mass is 10.3. The number of anilines is 1. The quantitative estimate of drug-likeness (QED) is 0.811. The van der Waals surface area contributed by atoms with Gasteiger partial charge in [0.25, 0.3) is 5.82 Å². The second-order valence-corrected chi connectivity index (χ2v) is 3.88. The number of rotatable bonds is 5. The summed E-state index contributed by atoms with van der Waals surface area (Å²) in [5.74, 6) is -1.48. The van der Waals surface area contributed by atoms with Gasteiger partial charge in [0, 0.05) is 5.69 Å². The lowest BCUT2D eigenvalue weighted by molar-refractivity contribution is 0.0683. The van der Waals surface area contributed by atoms with Crippen molar-refractivity contribution >= 4 is 17.7 Å². The highest BCUT2D eigenvalue weighted by atomic mass is 16.5. The van der Waals surface area contributed by atoms with Crippen LogP contribution in [0.2, 0.25) is 0 Å². The van der Waals surface area contributed by atoms with Crippen LogP contribution in [0, 0.1) is 0 Å². The Morgan fingerprint density at radius 1 is 1.38 bits per heavy atom. The van der Waals surface area contributed by atoms with Gasteiger partial charge < -0.3 is 9.84 Å². The van der Waals surface area contributed by atoms with Crippen LogP contribution in [0.25, 0.3) is 5.69 Å². The van der Waals surface area contributed by atoms with E-state index in [1.54, 1.807) is 24.3 Å². The van der Waals surface area contributed by atoms with E-state index in [-0.39, 0.29) is 12.4 Å². The molecule has 21 heavy (non-hydrogen) atoms. The molecule has 0 unspecified atom stereocenters. The molecule has 1 aromatic carbocycles. The molecule has 108 valence electrons. The van der Waals surface area contributed by atoms with Crippen molar-refractivity contribution in [3.8, 4) is 5.69 Å². The van der Waals surface area contributed by atoms with E-state index in [2.05, 4.69) is 22.0 Å². The number of ether oxygens (including phenoxy) is 1. The first kappa shape index (κ1) is 14.3. The van der Waals surface area contributed by atoms with E-state index in [0.29, 0.717) is 11.4 Å². The number of nitrogens with one attached hydrogen (secondary N) is 1. The first-order valence-electron chi connectivity index (χ1n) is 5.90. The van der Waals surface area contributed by atoms with E-state index >= 15 is 0 Å². The number of aromatic carboxylic acids is 1. The van der Waals surface area contributed by atoms with Crippen LogP contribution in [0.4, 0.5) is 10.5 Å². The number of carbonyl (C=O) groups excluding carboxylic acids is 1. The topological polar surface area (TPSA) is 106 Å². The molecule has 2 aromatic rings. The van der Waals surface area contributed by atoms with Gasteiger partial charge in [-0.25, -0.2) is 19.3 Å². The van der Waals surface area contributed by atoms with E-state index in [9.17, 15) is 9.59 Å². The van der Waals surface area contributed by atoms with E-state index in [1.165, 1.54) is 17.1 Å². The van der Waals surface area contributed by atoms with Crippen molar-refractivity contribution < 1.29 is 19.4 Å². The maximum Gasteiger partial charge on any atom is 0.411 e. The Labute approximate surface area is 119 Å². The molecule has 1 aromatic heterocycles. The van der Waals surface area contributed by atoms with Crippen molar-refractivity contribution in [2.45, 2.75) is 0 Å². The smallest absolute Gasteiger partial charge is 0.411 e. The summed E-state index contributed by atoms with van der Waals surface area (Å²) in [7, 11) is 0. The third kappa shape index (κ3) is 3.66. The zero-order valence-corrected chi connectivity index (χ0v) is 10.9. The van der Waals surface area contributed by atoms with Gasteiger partial charge in [-0.15, -0.1) is 5.10 Å². The van der Waals surface area contributed by atoms with E-state index in [4.69, 9.17) is 9.84 Å². The molecule has 0 spiro atoms. The number of benzene rings is 1. The molecular formula is C13H12N4O4. The number of carboxylic acid groups (broad SMARTS) is 1. The molecule has 0 aliphatic heterocycles. The molecule has 0 radical (unpaired) electrons. The first-order chi connectivity index (χ1) is 10.1. The van der Waals surface area contributed by atoms with Crippen LogP contribution < -0.4 is 5.32 Å². The summed E-state index contributed by atoms with van der Waals surface area (Å²) >= 11 is 0. The number of hydrogen-bond donors (Lipinski definition) is 2. The van der Waals surface area contributed by atoms with Gasteiger partial charge in [0.2, 0.25) is 0 Å². The number of hydrogen-bond acceptors (Lipinski definition) is 5. The second kappa shape index (κ2) is 6.33. The Morgan fingerprint density at radius 2 is 2.10 bits per heavy atom. The SMILES string of the molecule is C=CCOC(=O)Nc1ccc(-n2cnc(C(=O)O)n2)cc1. The van der Waals surface area contributed by atoms with Crippen molar-refractivity contribution in [3.63, 3.8) is 0 Å². The molecule has 1 amide bonds. The van der Waals surface area contributed by atoms with Crippen LogP contribution in [0.1, 0.15) is 10.6 Å². The van der Waals surface area contributed by atoms with E-state index < -0.39 is 12.1 Å². The fourth-order valence-electron chi connectivity index (χ4n) is 1.47. The number of amides is 1. The van der Waals surface area contributed by atoms with E-state index in [1.807, 2.05) is 0 Å². The lowest BCUT2D eigenvalue weighted by Gasteiger charge is -2.06. The Hall–Kier alpha value is -3.16. The minimum atomic E-state index is -1.20. The molecule has 0 aliphatic carbocycles. The van der Waals surface area contributed by atoms with Crippen molar-refractivity contribution in [1.82, 2.24) is 14.8 Å². The largest absolute Gasteiger partial charge is 0.475 e. The molecule has 8 heteroatoms. The summed E-state index contributed by atoms with van der Waals surface area (Å²) in [5, 5.41) is 15.1. The normalized spacial score (nSPS) is 9.90. The number of nitrogens with zero attached hydrogens (tertiary/aromatic N) is 3. The minimum Gasteiger partial charge on any atom is -0.475 e. The van der Waals surface area contributed by atoms with Crippen molar-refractivity contribution in [2.75, 3.05) is 11.9 Å². The van der Waals surface area contributed by atoms with Crippen molar-refractivity contribution in [1.29, 1.82) is 0 Å². The van der Waals surface area contributed by atoms with Gasteiger partial charge in [-0.05, 0) is 24.3 Å². The Morgan fingerprint density at radius 3 is 2.67 bits per heavy atom. The zero-order chi connectivity index (χ0) is 15.2. The Bertz CT molecular complexity index is 663. The maximum absolute atomic E-state index is 11.3. The van der Waals surface area contributed by atoms with Crippen molar-refractivity contribution in [2.24, 2.45) is 0 Å². The molecule has 0 aliphatic rings. The minimum absolute atomic E-state index is 0.126. The molecule has 8 nitrogen and oxygen atoms in total. The van der Waals surface area contributed by atoms with Gasteiger partial charge in [0.1, 0.15) is 12.9 Å².